The van der Waals surface area contributed by atoms with E-state index in [9.17, 15) is 4.21 Å². The molecule has 0 saturated carbocycles. The minimum Gasteiger partial charge on any atom is -0.254 e. The van der Waals surface area contributed by atoms with Crippen LogP contribution in [-0.4, -0.2) is 4.21 Å². The van der Waals surface area contributed by atoms with E-state index in [0.29, 0.717) is 15.8 Å². The van der Waals surface area contributed by atoms with E-state index in [1.165, 1.54) is 0 Å². The van der Waals surface area contributed by atoms with Crippen LogP contribution in [0.15, 0.2) is 53.4 Å². The molecule has 2 aromatic rings. The van der Waals surface area contributed by atoms with Crippen molar-refractivity contribution in [1.82, 2.24) is 0 Å². The van der Waals surface area contributed by atoms with Gasteiger partial charge in [-0.1, -0.05) is 41.4 Å². The molecule has 0 N–H and O–H groups in total. The van der Waals surface area contributed by atoms with Crippen LogP contribution in [0.1, 0.15) is 5.56 Å². The van der Waals surface area contributed by atoms with Crippen molar-refractivity contribution in [1.29, 1.82) is 0 Å². The average molecular weight is 285 g/mol. The zero-order chi connectivity index (χ0) is 12.3. The summed E-state index contributed by atoms with van der Waals surface area (Å²) in [6, 6.07) is 14.5. The number of hydrogen-bond acceptors (Lipinski definition) is 1. The molecule has 0 radical (unpaired) electrons. The van der Waals surface area contributed by atoms with E-state index in [2.05, 4.69) is 0 Å². The second-order valence-corrected chi connectivity index (χ2v) is 5.83. The van der Waals surface area contributed by atoms with Gasteiger partial charge in [0.05, 0.1) is 16.6 Å². The first kappa shape index (κ1) is 12.6. The third-order valence-electron chi connectivity index (χ3n) is 2.32. The first-order valence-electron chi connectivity index (χ1n) is 5.04. The fraction of sp³-hybridized carbons (Fsp3) is 0.0769. The molecule has 0 aliphatic heterocycles. The van der Waals surface area contributed by atoms with E-state index >= 15 is 0 Å². The molecule has 0 aliphatic rings. The van der Waals surface area contributed by atoms with Crippen molar-refractivity contribution in [2.45, 2.75) is 10.6 Å². The van der Waals surface area contributed by atoms with Gasteiger partial charge in [-0.2, -0.15) is 0 Å². The summed E-state index contributed by atoms with van der Waals surface area (Å²) < 4.78 is 12.1. The van der Waals surface area contributed by atoms with Crippen molar-refractivity contribution in [3.63, 3.8) is 0 Å². The summed E-state index contributed by atoms with van der Waals surface area (Å²) in [5, 5.41) is 1.29. The smallest absolute Gasteiger partial charge is 0.0574 e. The van der Waals surface area contributed by atoms with Gasteiger partial charge in [-0.25, -0.2) is 0 Å². The molecule has 88 valence electrons. The lowest BCUT2D eigenvalue weighted by molar-refractivity contribution is 0.682. The Morgan fingerprint density at radius 3 is 2.24 bits per heavy atom. The molecule has 0 spiro atoms. The van der Waals surface area contributed by atoms with Crippen molar-refractivity contribution in [2.75, 3.05) is 0 Å². The normalized spacial score (nSPS) is 12.4. The van der Waals surface area contributed by atoms with E-state index in [1.807, 2.05) is 18.2 Å². The van der Waals surface area contributed by atoms with Crippen molar-refractivity contribution >= 4 is 34.0 Å². The Morgan fingerprint density at radius 2 is 1.59 bits per heavy atom. The second-order valence-electron chi connectivity index (χ2n) is 3.54. The highest BCUT2D eigenvalue weighted by Crippen LogP contribution is 2.20. The molecule has 17 heavy (non-hydrogen) atoms. The lowest BCUT2D eigenvalue weighted by atomic mass is 10.2. The van der Waals surface area contributed by atoms with Crippen molar-refractivity contribution < 1.29 is 4.21 Å². The molecule has 4 heteroatoms. The van der Waals surface area contributed by atoms with E-state index < -0.39 is 10.8 Å². The molecule has 0 fully saturated rings. The largest absolute Gasteiger partial charge is 0.254 e. The first-order valence-corrected chi connectivity index (χ1v) is 7.11. The molecular weight excluding hydrogens is 275 g/mol. The Labute approximate surface area is 113 Å². The summed E-state index contributed by atoms with van der Waals surface area (Å²) in [4.78, 5) is 0.759. The van der Waals surface area contributed by atoms with Gasteiger partial charge in [-0.3, -0.25) is 4.21 Å². The number of halogens is 2. The van der Waals surface area contributed by atoms with Gasteiger partial charge in [0.2, 0.25) is 0 Å². The van der Waals surface area contributed by atoms with Crippen molar-refractivity contribution in [2.24, 2.45) is 0 Å². The highest BCUT2D eigenvalue weighted by Gasteiger charge is 2.07. The minimum absolute atomic E-state index is 0.418. The van der Waals surface area contributed by atoms with E-state index in [-0.39, 0.29) is 0 Å². The molecule has 1 atom stereocenters. The summed E-state index contributed by atoms with van der Waals surface area (Å²) in [7, 11) is -1.10. The maximum absolute atomic E-state index is 12.1. The standard InChI is InChI=1S/C13H10Cl2OS/c14-11-5-7-12(8-6-11)17(16)9-10-3-1-2-4-13(10)15/h1-8H,9H2. The lowest BCUT2D eigenvalue weighted by Gasteiger charge is -2.04. The summed E-state index contributed by atoms with van der Waals surface area (Å²) in [6.45, 7) is 0. The predicted molar refractivity (Wildman–Crippen MR) is 73.0 cm³/mol. The van der Waals surface area contributed by atoms with Crippen LogP contribution in [0.25, 0.3) is 0 Å². The maximum Gasteiger partial charge on any atom is 0.0574 e. The van der Waals surface area contributed by atoms with Gasteiger partial charge in [-0.15, -0.1) is 0 Å². The topological polar surface area (TPSA) is 17.1 Å². The molecule has 2 aromatic carbocycles. The van der Waals surface area contributed by atoms with E-state index in [4.69, 9.17) is 23.2 Å². The molecule has 0 amide bonds. The Morgan fingerprint density at radius 1 is 0.941 bits per heavy atom. The minimum atomic E-state index is -1.10. The van der Waals surface area contributed by atoms with Crippen LogP contribution in [0.4, 0.5) is 0 Å². The Kier molecular flexibility index (Phi) is 4.21. The molecule has 0 saturated heterocycles. The first-order chi connectivity index (χ1) is 8.16. The molecule has 0 aromatic heterocycles. The molecular formula is C13H10Cl2OS. The highest BCUT2D eigenvalue weighted by molar-refractivity contribution is 7.84. The molecule has 1 nitrogen and oxygen atoms in total. The lowest BCUT2D eigenvalue weighted by Crippen LogP contribution is -1.96. The summed E-state index contributed by atoms with van der Waals surface area (Å²) in [6.07, 6.45) is 0. The van der Waals surface area contributed by atoms with Crippen LogP contribution < -0.4 is 0 Å². The fourth-order valence-electron chi connectivity index (χ4n) is 1.43. The van der Waals surface area contributed by atoms with Gasteiger partial charge in [0, 0.05) is 14.9 Å². The average Bonchev–Trinajstić information content (AvgIpc) is 2.33. The Hall–Kier alpha value is -0.830. The number of hydrogen-bond donors (Lipinski definition) is 0. The van der Waals surface area contributed by atoms with Gasteiger partial charge in [0.15, 0.2) is 0 Å². The van der Waals surface area contributed by atoms with Crippen molar-refractivity contribution in [3.05, 3.63) is 64.1 Å². The van der Waals surface area contributed by atoms with Crippen LogP contribution >= 0.6 is 23.2 Å². The van der Waals surface area contributed by atoms with E-state index in [0.717, 1.165) is 10.5 Å². The summed E-state index contributed by atoms with van der Waals surface area (Å²) in [5.41, 5.74) is 0.891. The number of benzene rings is 2. The van der Waals surface area contributed by atoms with Crippen LogP contribution in [-0.2, 0) is 16.6 Å². The molecule has 2 rings (SSSR count). The van der Waals surface area contributed by atoms with Gasteiger partial charge in [-0.05, 0) is 35.9 Å². The highest BCUT2D eigenvalue weighted by atomic mass is 35.5. The van der Waals surface area contributed by atoms with Crippen LogP contribution in [0.3, 0.4) is 0 Å². The fourth-order valence-corrected chi connectivity index (χ4v) is 2.97. The quantitative estimate of drug-likeness (QED) is 0.821. The Bertz CT molecular complexity index is 537. The molecule has 0 bridgehead atoms. The van der Waals surface area contributed by atoms with Gasteiger partial charge in [0.25, 0.3) is 0 Å². The predicted octanol–water partition coefficient (Wildman–Crippen LogP) is 4.30. The van der Waals surface area contributed by atoms with E-state index in [1.54, 1.807) is 30.3 Å². The van der Waals surface area contributed by atoms with Crippen LogP contribution in [0.5, 0.6) is 0 Å². The monoisotopic (exact) mass is 284 g/mol. The van der Waals surface area contributed by atoms with Gasteiger partial charge in [0.1, 0.15) is 0 Å². The zero-order valence-corrected chi connectivity index (χ0v) is 11.2. The third-order valence-corrected chi connectivity index (χ3v) is 4.31. The number of rotatable bonds is 3. The molecule has 1 unspecified atom stereocenters. The van der Waals surface area contributed by atoms with Gasteiger partial charge < -0.3 is 0 Å². The van der Waals surface area contributed by atoms with Gasteiger partial charge >= 0.3 is 0 Å². The summed E-state index contributed by atoms with van der Waals surface area (Å²) >= 11 is 11.8. The third kappa shape index (κ3) is 3.32. The molecule has 0 heterocycles. The van der Waals surface area contributed by atoms with Crippen molar-refractivity contribution in [3.8, 4) is 0 Å². The van der Waals surface area contributed by atoms with Crippen LogP contribution in [0, 0.1) is 0 Å². The second kappa shape index (κ2) is 5.67. The molecule has 0 aliphatic carbocycles. The summed E-state index contributed by atoms with van der Waals surface area (Å²) in [5.74, 6) is 0.418. The maximum atomic E-state index is 12.1. The Balaban J connectivity index is 2.17. The SMILES string of the molecule is O=S(Cc1ccccc1Cl)c1ccc(Cl)cc1. The van der Waals surface area contributed by atoms with Crippen LogP contribution in [0.2, 0.25) is 10.0 Å². The zero-order valence-electron chi connectivity index (χ0n) is 8.90.